The van der Waals surface area contributed by atoms with Gasteiger partial charge in [0.2, 0.25) is 5.89 Å². The largest absolute Gasteiger partial charge is 0.396 e. The van der Waals surface area contributed by atoms with Gasteiger partial charge in [-0.1, -0.05) is 5.16 Å². The van der Waals surface area contributed by atoms with Crippen molar-refractivity contribution in [3.8, 4) is 0 Å². The van der Waals surface area contributed by atoms with Crippen LogP contribution in [0.3, 0.4) is 0 Å². The predicted molar refractivity (Wildman–Crippen MR) is 65.1 cm³/mol. The molecule has 0 bridgehead atoms. The van der Waals surface area contributed by atoms with Crippen molar-refractivity contribution >= 4 is 0 Å². The number of ether oxygens (including phenoxy) is 1. The minimum Gasteiger partial charge on any atom is -0.396 e. The molecule has 0 aliphatic heterocycles. The van der Waals surface area contributed by atoms with Gasteiger partial charge in [0.05, 0.1) is 13.2 Å². The minimum absolute atomic E-state index is 0.117. The lowest BCUT2D eigenvalue weighted by Gasteiger charge is -2.28. The Morgan fingerprint density at radius 1 is 1.56 bits per heavy atom. The summed E-state index contributed by atoms with van der Waals surface area (Å²) in [6.45, 7) is 3.18. The summed E-state index contributed by atoms with van der Waals surface area (Å²) in [5, 5.41) is 16.3. The van der Waals surface area contributed by atoms with Gasteiger partial charge in [0.15, 0.2) is 5.82 Å². The summed E-state index contributed by atoms with van der Waals surface area (Å²) in [5.41, 5.74) is -0.274. The van der Waals surface area contributed by atoms with Gasteiger partial charge >= 0.3 is 0 Å². The molecule has 0 spiro atoms. The maximum Gasteiger partial charge on any atom is 0.229 e. The molecule has 0 radical (unpaired) electrons. The van der Waals surface area contributed by atoms with E-state index in [9.17, 15) is 0 Å². The van der Waals surface area contributed by atoms with Crippen LogP contribution in [0, 0.1) is 0 Å². The van der Waals surface area contributed by atoms with E-state index in [-0.39, 0.29) is 12.1 Å². The van der Waals surface area contributed by atoms with E-state index in [0.717, 1.165) is 18.7 Å². The van der Waals surface area contributed by atoms with Gasteiger partial charge in [-0.15, -0.1) is 0 Å². The number of nitrogens with one attached hydrogen (secondary N) is 1. The van der Waals surface area contributed by atoms with Crippen LogP contribution < -0.4 is 5.32 Å². The fourth-order valence-electron chi connectivity index (χ4n) is 1.90. The summed E-state index contributed by atoms with van der Waals surface area (Å²) < 4.78 is 10.4. The van der Waals surface area contributed by atoms with Crippen molar-refractivity contribution in [3.63, 3.8) is 0 Å². The van der Waals surface area contributed by atoms with E-state index in [1.165, 1.54) is 0 Å². The molecule has 0 amide bonds. The molecule has 1 saturated carbocycles. The van der Waals surface area contributed by atoms with Crippen LogP contribution in [0.2, 0.25) is 0 Å². The molecule has 102 valence electrons. The van der Waals surface area contributed by atoms with Gasteiger partial charge in [-0.25, -0.2) is 0 Å². The molecule has 0 aromatic carbocycles. The van der Waals surface area contributed by atoms with Crippen molar-refractivity contribution in [1.82, 2.24) is 15.5 Å². The number of aliphatic hydroxyl groups is 1. The first-order chi connectivity index (χ1) is 8.67. The smallest absolute Gasteiger partial charge is 0.229 e. The molecular formula is C12H21N3O3. The standard InChI is InChI=1S/C12H21N3O3/c1-12(5-6-16,8-17-2)13-7-10-14-11(18-15-10)9-3-4-9/h9,13,16H,3-8H2,1-2H3. The Bertz CT molecular complexity index is 370. The molecule has 1 aliphatic rings. The van der Waals surface area contributed by atoms with E-state index in [2.05, 4.69) is 15.5 Å². The quantitative estimate of drug-likeness (QED) is 0.716. The van der Waals surface area contributed by atoms with Crippen LogP contribution in [-0.4, -0.2) is 41.1 Å². The third-order valence-electron chi connectivity index (χ3n) is 3.21. The first-order valence-electron chi connectivity index (χ1n) is 6.34. The Hall–Kier alpha value is -0.980. The number of aliphatic hydroxyl groups excluding tert-OH is 1. The van der Waals surface area contributed by atoms with E-state index in [1.54, 1.807) is 7.11 Å². The molecule has 1 atom stereocenters. The van der Waals surface area contributed by atoms with E-state index in [1.807, 2.05) is 6.92 Å². The molecule has 1 heterocycles. The maximum atomic E-state index is 9.07. The topological polar surface area (TPSA) is 80.4 Å². The Kier molecular flexibility index (Phi) is 4.31. The van der Waals surface area contributed by atoms with E-state index < -0.39 is 0 Å². The summed E-state index contributed by atoms with van der Waals surface area (Å²) in [5.74, 6) is 1.90. The molecule has 2 N–H and O–H groups in total. The lowest BCUT2D eigenvalue weighted by molar-refractivity contribution is 0.0963. The van der Waals surface area contributed by atoms with Gasteiger partial charge in [0.1, 0.15) is 0 Å². The zero-order valence-electron chi connectivity index (χ0n) is 11.0. The Morgan fingerprint density at radius 2 is 2.33 bits per heavy atom. The molecular weight excluding hydrogens is 234 g/mol. The zero-order valence-corrected chi connectivity index (χ0v) is 11.0. The van der Waals surface area contributed by atoms with Crippen molar-refractivity contribution in [2.24, 2.45) is 0 Å². The van der Waals surface area contributed by atoms with Crippen LogP contribution in [0.5, 0.6) is 0 Å². The Labute approximate surface area is 107 Å². The maximum absolute atomic E-state index is 9.07. The van der Waals surface area contributed by atoms with Gasteiger partial charge in [0, 0.05) is 25.2 Å². The third-order valence-corrected chi connectivity index (χ3v) is 3.21. The van der Waals surface area contributed by atoms with Gasteiger partial charge in [-0.05, 0) is 26.2 Å². The second-order valence-electron chi connectivity index (χ2n) is 5.14. The van der Waals surface area contributed by atoms with Crippen molar-refractivity contribution < 1.29 is 14.4 Å². The average molecular weight is 255 g/mol. The van der Waals surface area contributed by atoms with Gasteiger partial charge in [-0.3, -0.25) is 0 Å². The van der Waals surface area contributed by atoms with Crippen LogP contribution in [0.1, 0.15) is 43.8 Å². The molecule has 18 heavy (non-hydrogen) atoms. The molecule has 0 saturated heterocycles. The predicted octanol–water partition coefficient (Wildman–Crippen LogP) is 0.824. The zero-order chi connectivity index (χ0) is 13.0. The monoisotopic (exact) mass is 255 g/mol. The van der Waals surface area contributed by atoms with Crippen molar-refractivity contribution in [3.05, 3.63) is 11.7 Å². The number of aromatic nitrogens is 2. The number of nitrogens with zero attached hydrogens (tertiary/aromatic N) is 2. The normalized spacial score (nSPS) is 18.8. The SMILES string of the molecule is COCC(C)(CCO)NCc1noc(C2CC2)n1. The third kappa shape index (κ3) is 3.51. The highest BCUT2D eigenvalue weighted by Crippen LogP contribution is 2.38. The number of rotatable bonds is 8. The van der Waals surface area contributed by atoms with Crippen LogP contribution in [0.15, 0.2) is 4.52 Å². The van der Waals surface area contributed by atoms with Gasteiger partial charge in [-0.2, -0.15) is 4.98 Å². The van der Waals surface area contributed by atoms with Gasteiger partial charge in [0.25, 0.3) is 0 Å². The molecule has 2 rings (SSSR count). The average Bonchev–Trinajstić information content (AvgIpc) is 3.07. The van der Waals surface area contributed by atoms with Crippen LogP contribution >= 0.6 is 0 Å². The molecule has 6 heteroatoms. The Morgan fingerprint density at radius 3 is 2.94 bits per heavy atom. The van der Waals surface area contributed by atoms with Crippen LogP contribution in [0.25, 0.3) is 0 Å². The molecule has 6 nitrogen and oxygen atoms in total. The second-order valence-corrected chi connectivity index (χ2v) is 5.14. The number of methoxy groups -OCH3 is 1. The Balaban J connectivity index is 1.87. The van der Waals surface area contributed by atoms with Crippen LogP contribution in [-0.2, 0) is 11.3 Å². The first kappa shape index (κ1) is 13.5. The highest BCUT2D eigenvalue weighted by molar-refractivity contribution is 5.02. The summed E-state index contributed by atoms with van der Waals surface area (Å²) >= 11 is 0. The van der Waals surface area contributed by atoms with E-state index in [0.29, 0.717) is 31.3 Å². The summed E-state index contributed by atoms with van der Waals surface area (Å²) in [4.78, 5) is 4.35. The fourth-order valence-corrected chi connectivity index (χ4v) is 1.90. The highest BCUT2D eigenvalue weighted by Gasteiger charge is 2.30. The number of hydrogen-bond acceptors (Lipinski definition) is 6. The minimum atomic E-state index is -0.274. The first-order valence-corrected chi connectivity index (χ1v) is 6.34. The second kappa shape index (κ2) is 5.77. The molecule has 1 aromatic rings. The lowest BCUT2D eigenvalue weighted by Crippen LogP contribution is -2.46. The van der Waals surface area contributed by atoms with E-state index in [4.69, 9.17) is 14.4 Å². The summed E-state index contributed by atoms with van der Waals surface area (Å²) in [6, 6.07) is 0. The summed E-state index contributed by atoms with van der Waals surface area (Å²) in [7, 11) is 1.65. The molecule has 1 aromatic heterocycles. The molecule has 1 unspecified atom stereocenters. The van der Waals surface area contributed by atoms with Crippen molar-refractivity contribution in [2.45, 2.75) is 44.2 Å². The molecule has 1 fully saturated rings. The van der Waals surface area contributed by atoms with E-state index >= 15 is 0 Å². The molecule has 1 aliphatic carbocycles. The van der Waals surface area contributed by atoms with Crippen LogP contribution in [0.4, 0.5) is 0 Å². The highest BCUT2D eigenvalue weighted by atomic mass is 16.5. The summed E-state index contributed by atoms with van der Waals surface area (Å²) in [6.07, 6.45) is 2.93. The number of hydrogen-bond donors (Lipinski definition) is 2. The lowest BCUT2D eigenvalue weighted by atomic mass is 9.99. The van der Waals surface area contributed by atoms with Crippen molar-refractivity contribution in [2.75, 3.05) is 20.3 Å². The van der Waals surface area contributed by atoms with Crippen molar-refractivity contribution in [1.29, 1.82) is 0 Å². The van der Waals surface area contributed by atoms with Gasteiger partial charge < -0.3 is 19.7 Å². The fraction of sp³-hybridized carbons (Fsp3) is 0.833.